The molecule has 1 unspecified atom stereocenters. The zero-order valence-electron chi connectivity index (χ0n) is 10.1. The van der Waals surface area contributed by atoms with Crippen LogP contribution < -0.4 is 0 Å². The van der Waals surface area contributed by atoms with Gasteiger partial charge in [0, 0.05) is 5.92 Å². The van der Waals surface area contributed by atoms with Crippen LogP contribution in [0, 0.1) is 5.92 Å². The number of carbonyl (C=O) groups is 2. The van der Waals surface area contributed by atoms with Crippen LogP contribution in [0.1, 0.15) is 39.5 Å². The van der Waals surface area contributed by atoms with Crippen LogP contribution >= 0.6 is 8.03 Å². The molecule has 17 heavy (non-hydrogen) atoms. The summed E-state index contributed by atoms with van der Waals surface area (Å²) >= 11 is 0. The molecular formula is C10H20O6P+. The number of aliphatic carboxylic acids is 2. The van der Waals surface area contributed by atoms with Crippen LogP contribution in [0.25, 0.3) is 0 Å². The maximum atomic E-state index is 10.3. The van der Waals surface area contributed by atoms with Crippen LogP contribution in [0.2, 0.25) is 0 Å². The minimum Gasteiger partial charge on any atom is -0.481 e. The molecule has 3 N–H and O–H groups in total. The quantitative estimate of drug-likeness (QED) is 0.609. The Balaban J connectivity index is 0. The number of hydrogen-bond acceptors (Lipinski definition) is 3. The topological polar surface area (TPSA) is 112 Å². The molecule has 1 atom stereocenters. The van der Waals surface area contributed by atoms with Gasteiger partial charge in [-0.2, -0.15) is 4.89 Å². The normalized spacial score (nSPS) is 10.5. The van der Waals surface area contributed by atoms with Crippen LogP contribution in [0.15, 0.2) is 0 Å². The highest BCUT2D eigenvalue weighted by Gasteiger charge is 2.25. The largest absolute Gasteiger partial charge is 0.505 e. The standard InChI is InChI=1S/C6H9O6P.C4H10/c7-5(8)1-4(2-6(9)10)3-13(11)12;1-3-4-2/h4H,1-3H2,(H2-,7,8,9,10,11,12);3-4H2,1-2H3/p+1. The van der Waals surface area contributed by atoms with Crippen molar-refractivity contribution in [3.8, 4) is 0 Å². The maximum absolute atomic E-state index is 10.3. The lowest BCUT2D eigenvalue weighted by molar-refractivity contribution is -0.140. The van der Waals surface area contributed by atoms with Crippen molar-refractivity contribution in [3.05, 3.63) is 0 Å². The number of carboxylic acids is 2. The van der Waals surface area contributed by atoms with E-state index >= 15 is 0 Å². The lowest BCUT2D eigenvalue weighted by atomic mass is 10.0. The molecule has 0 aromatic heterocycles. The van der Waals surface area contributed by atoms with Gasteiger partial charge in [0.15, 0.2) is 6.16 Å². The van der Waals surface area contributed by atoms with Gasteiger partial charge in [-0.25, -0.2) is 0 Å². The highest BCUT2D eigenvalue weighted by molar-refractivity contribution is 7.38. The molecule has 0 aromatic carbocycles. The Bertz CT molecular complexity index is 213. The molecule has 0 fully saturated rings. The summed E-state index contributed by atoms with van der Waals surface area (Å²) in [7, 11) is -2.48. The molecular weight excluding hydrogens is 247 g/mol. The fourth-order valence-corrected chi connectivity index (χ4v) is 1.62. The van der Waals surface area contributed by atoms with Gasteiger partial charge in [-0.1, -0.05) is 26.7 Å². The minimum absolute atomic E-state index is 0.284. The molecule has 0 bridgehead atoms. The highest BCUT2D eigenvalue weighted by atomic mass is 31.1. The first-order chi connectivity index (χ1) is 7.83. The predicted octanol–water partition coefficient (Wildman–Crippen LogP) is 2.09. The molecule has 0 spiro atoms. The SMILES string of the molecule is CCCC.O=C(O)CC(CC(=O)O)C[P+](=O)O. The van der Waals surface area contributed by atoms with E-state index in [1.807, 2.05) is 0 Å². The van der Waals surface area contributed by atoms with Crippen molar-refractivity contribution in [2.24, 2.45) is 5.92 Å². The molecule has 0 aromatic rings. The zero-order valence-corrected chi connectivity index (χ0v) is 11.0. The van der Waals surface area contributed by atoms with Gasteiger partial charge >= 0.3 is 20.0 Å². The Morgan fingerprint density at radius 2 is 1.41 bits per heavy atom. The van der Waals surface area contributed by atoms with E-state index in [-0.39, 0.29) is 6.16 Å². The van der Waals surface area contributed by atoms with Gasteiger partial charge in [0.25, 0.3) is 0 Å². The van der Waals surface area contributed by atoms with Crippen molar-refractivity contribution >= 4 is 20.0 Å². The number of rotatable bonds is 7. The van der Waals surface area contributed by atoms with E-state index in [2.05, 4.69) is 13.8 Å². The number of hydrogen-bond donors (Lipinski definition) is 3. The summed E-state index contributed by atoms with van der Waals surface area (Å²) in [4.78, 5) is 28.9. The van der Waals surface area contributed by atoms with Crippen LogP contribution in [0.5, 0.6) is 0 Å². The van der Waals surface area contributed by atoms with Crippen LogP contribution in [-0.2, 0) is 14.2 Å². The first-order valence-electron chi connectivity index (χ1n) is 5.40. The number of carboxylic acid groups (broad SMARTS) is 2. The Hall–Kier alpha value is -1.00. The van der Waals surface area contributed by atoms with Gasteiger partial charge in [-0.3, -0.25) is 9.59 Å². The fourth-order valence-electron chi connectivity index (χ4n) is 0.916. The van der Waals surface area contributed by atoms with E-state index in [4.69, 9.17) is 15.1 Å². The lowest BCUT2D eigenvalue weighted by Crippen LogP contribution is -2.14. The molecule has 0 saturated heterocycles. The summed E-state index contributed by atoms with van der Waals surface area (Å²) in [6, 6.07) is 0. The van der Waals surface area contributed by atoms with E-state index in [0.29, 0.717) is 0 Å². The van der Waals surface area contributed by atoms with E-state index in [0.717, 1.165) is 0 Å². The van der Waals surface area contributed by atoms with Crippen LogP contribution in [0.4, 0.5) is 0 Å². The average Bonchev–Trinajstić information content (AvgIpc) is 2.14. The second-order valence-corrected chi connectivity index (χ2v) is 4.67. The molecule has 0 aliphatic heterocycles. The summed E-state index contributed by atoms with van der Waals surface area (Å²) in [6.45, 7) is 4.36. The lowest BCUT2D eigenvalue weighted by Gasteiger charge is -2.03. The van der Waals surface area contributed by atoms with E-state index in [1.54, 1.807) is 0 Å². The maximum Gasteiger partial charge on any atom is 0.505 e. The Morgan fingerprint density at radius 3 is 1.59 bits per heavy atom. The van der Waals surface area contributed by atoms with Gasteiger partial charge in [0.05, 0.1) is 12.8 Å². The summed E-state index contributed by atoms with van der Waals surface area (Å²) in [5.74, 6) is -3.10. The van der Waals surface area contributed by atoms with E-state index in [1.165, 1.54) is 12.8 Å². The van der Waals surface area contributed by atoms with Crippen molar-refractivity contribution in [1.29, 1.82) is 0 Å². The molecule has 0 aliphatic rings. The molecule has 0 radical (unpaired) electrons. The average molecular weight is 267 g/mol. The molecule has 0 heterocycles. The molecule has 6 nitrogen and oxygen atoms in total. The summed E-state index contributed by atoms with van der Waals surface area (Å²) in [5, 5.41) is 16.7. The van der Waals surface area contributed by atoms with Gasteiger partial charge in [-0.05, 0) is 4.57 Å². The first kappa shape index (κ1) is 18.4. The minimum atomic E-state index is -2.48. The van der Waals surface area contributed by atoms with Crippen molar-refractivity contribution in [3.63, 3.8) is 0 Å². The van der Waals surface area contributed by atoms with Gasteiger partial charge in [-0.15, -0.1) is 0 Å². The first-order valence-corrected chi connectivity index (χ1v) is 6.80. The van der Waals surface area contributed by atoms with Crippen molar-refractivity contribution in [2.75, 3.05) is 6.16 Å². The molecule has 0 amide bonds. The molecule has 0 rings (SSSR count). The number of unbranched alkanes of at least 4 members (excludes halogenated alkanes) is 1. The van der Waals surface area contributed by atoms with Gasteiger partial charge in [0.1, 0.15) is 0 Å². The van der Waals surface area contributed by atoms with Crippen molar-refractivity contribution in [2.45, 2.75) is 39.5 Å². The zero-order chi connectivity index (χ0) is 13.8. The monoisotopic (exact) mass is 267 g/mol. The Kier molecular flexibility index (Phi) is 12.4. The van der Waals surface area contributed by atoms with Crippen LogP contribution in [0.3, 0.4) is 0 Å². The van der Waals surface area contributed by atoms with E-state index in [9.17, 15) is 14.2 Å². The van der Waals surface area contributed by atoms with E-state index < -0.39 is 38.7 Å². The van der Waals surface area contributed by atoms with Gasteiger partial charge in [0.2, 0.25) is 0 Å². The third-order valence-electron chi connectivity index (χ3n) is 1.84. The Morgan fingerprint density at radius 1 is 1.06 bits per heavy atom. The predicted molar refractivity (Wildman–Crippen MR) is 63.3 cm³/mol. The summed E-state index contributed by atoms with van der Waals surface area (Å²) in [5.41, 5.74) is 0. The van der Waals surface area contributed by atoms with Crippen molar-refractivity contribution < 1.29 is 29.3 Å². The van der Waals surface area contributed by atoms with Gasteiger partial charge < -0.3 is 10.2 Å². The summed E-state index contributed by atoms with van der Waals surface area (Å²) < 4.78 is 10.3. The fraction of sp³-hybridized carbons (Fsp3) is 0.800. The third-order valence-corrected chi connectivity index (χ3v) is 2.67. The Labute approximate surface area is 102 Å². The molecule has 0 aliphatic carbocycles. The molecule has 100 valence electrons. The molecule has 0 saturated carbocycles. The second-order valence-electron chi connectivity index (χ2n) is 3.60. The van der Waals surface area contributed by atoms with Crippen molar-refractivity contribution in [1.82, 2.24) is 0 Å². The highest BCUT2D eigenvalue weighted by Crippen LogP contribution is 2.22. The summed E-state index contributed by atoms with van der Waals surface area (Å²) in [6.07, 6.45) is 1.57. The molecule has 7 heteroatoms. The second kappa shape index (κ2) is 11.5. The van der Waals surface area contributed by atoms with Crippen LogP contribution in [-0.4, -0.2) is 33.2 Å². The smallest absolute Gasteiger partial charge is 0.481 e. The third kappa shape index (κ3) is 17.6.